The van der Waals surface area contributed by atoms with Crippen molar-refractivity contribution in [1.82, 2.24) is 30.2 Å². The molecule has 8 nitrogen and oxygen atoms in total. The van der Waals surface area contributed by atoms with Crippen LogP contribution in [0.5, 0.6) is 0 Å². The average molecular weight is 388 g/mol. The molecule has 27 heavy (non-hydrogen) atoms. The molecule has 0 unspecified atom stereocenters. The predicted molar refractivity (Wildman–Crippen MR) is 103 cm³/mol. The fourth-order valence-electron chi connectivity index (χ4n) is 3.57. The number of aromatic nitrogens is 3. The molecule has 0 atom stereocenters. The lowest BCUT2D eigenvalue weighted by atomic mass is 10.0. The average Bonchev–Trinajstić information content (AvgIpc) is 3.22. The number of piperidine rings is 1. The molecule has 144 valence electrons. The minimum absolute atomic E-state index is 0.0692. The van der Waals surface area contributed by atoms with Gasteiger partial charge in [-0.15, -0.1) is 0 Å². The molecular formula is C18H24N6O2S. The van der Waals surface area contributed by atoms with Crippen LogP contribution in [-0.2, 0) is 6.54 Å². The quantitative estimate of drug-likeness (QED) is 0.855. The highest BCUT2D eigenvalue weighted by Crippen LogP contribution is 2.20. The Labute approximate surface area is 162 Å². The van der Waals surface area contributed by atoms with Crippen molar-refractivity contribution in [2.45, 2.75) is 25.4 Å². The van der Waals surface area contributed by atoms with Gasteiger partial charge in [0.1, 0.15) is 5.69 Å². The molecule has 2 fully saturated rings. The molecule has 2 saturated heterocycles. The van der Waals surface area contributed by atoms with E-state index in [1.165, 1.54) is 24.6 Å². The van der Waals surface area contributed by atoms with Crippen molar-refractivity contribution < 1.29 is 9.32 Å². The van der Waals surface area contributed by atoms with E-state index in [0.717, 1.165) is 25.9 Å². The maximum absolute atomic E-state index is 12.4. The summed E-state index contributed by atoms with van der Waals surface area (Å²) in [5.74, 6) is 3.27. The maximum Gasteiger partial charge on any atom is 0.317 e. The molecule has 0 spiro atoms. The minimum Gasteiger partial charge on any atom is -0.337 e. The summed E-state index contributed by atoms with van der Waals surface area (Å²) in [6.45, 7) is 4.17. The normalized spacial score (nSPS) is 19.2. The third-order valence-corrected chi connectivity index (χ3v) is 6.01. The molecule has 2 aliphatic rings. The van der Waals surface area contributed by atoms with E-state index in [1.54, 1.807) is 6.20 Å². The first-order valence-electron chi connectivity index (χ1n) is 9.38. The molecule has 0 aliphatic carbocycles. The molecule has 0 aromatic carbocycles. The summed E-state index contributed by atoms with van der Waals surface area (Å²) in [5, 5.41) is 6.80. The van der Waals surface area contributed by atoms with Gasteiger partial charge >= 0.3 is 6.03 Å². The van der Waals surface area contributed by atoms with E-state index in [2.05, 4.69) is 25.3 Å². The van der Waals surface area contributed by atoms with Gasteiger partial charge in [-0.05, 0) is 25.0 Å². The van der Waals surface area contributed by atoms with Crippen LogP contribution in [0.1, 0.15) is 18.7 Å². The number of nitrogens with one attached hydrogen (secondary N) is 1. The Morgan fingerprint density at radius 2 is 2.04 bits per heavy atom. The van der Waals surface area contributed by atoms with Crippen LogP contribution in [0.2, 0.25) is 0 Å². The van der Waals surface area contributed by atoms with Crippen molar-refractivity contribution in [2.24, 2.45) is 0 Å². The van der Waals surface area contributed by atoms with Crippen LogP contribution in [0.4, 0.5) is 4.79 Å². The zero-order chi connectivity index (χ0) is 18.5. The van der Waals surface area contributed by atoms with E-state index < -0.39 is 0 Å². The van der Waals surface area contributed by atoms with Gasteiger partial charge in [0.05, 0.1) is 6.54 Å². The van der Waals surface area contributed by atoms with Crippen LogP contribution in [-0.4, -0.2) is 74.7 Å². The molecule has 0 saturated carbocycles. The number of amides is 2. The Kier molecular flexibility index (Phi) is 5.88. The largest absolute Gasteiger partial charge is 0.337 e. The third kappa shape index (κ3) is 4.59. The summed E-state index contributed by atoms with van der Waals surface area (Å²) < 4.78 is 5.21. The SMILES string of the molecule is O=C(NCc1nc(-c2ccccn2)no1)N1CCC(N2CCSCC2)CC1. The summed E-state index contributed by atoms with van der Waals surface area (Å²) >= 11 is 2.03. The Balaban J connectivity index is 1.24. The molecule has 9 heteroatoms. The Morgan fingerprint density at radius 1 is 1.22 bits per heavy atom. The summed E-state index contributed by atoms with van der Waals surface area (Å²) in [6.07, 6.45) is 3.77. The molecule has 2 aromatic heterocycles. The highest BCUT2D eigenvalue weighted by molar-refractivity contribution is 7.99. The molecule has 2 amide bonds. The summed E-state index contributed by atoms with van der Waals surface area (Å²) in [6, 6.07) is 6.07. The molecule has 4 heterocycles. The molecule has 1 N–H and O–H groups in total. The van der Waals surface area contributed by atoms with Crippen LogP contribution >= 0.6 is 11.8 Å². The lowest BCUT2D eigenvalue weighted by molar-refractivity contribution is 0.124. The number of pyridine rings is 1. The van der Waals surface area contributed by atoms with Crippen molar-refractivity contribution in [3.05, 3.63) is 30.3 Å². The number of urea groups is 1. The second kappa shape index (κ2) is 8.71. The topological polar surface area (TPSA) is 87.4 Å². The van der Waals surface area contributed by atoms with Crippen molar-refractivity contribution in [1.29, 1.82) is 0 Å². The minimum atomic E-state index is -0.0692. The van der Waals surface area contributed by atoms with Crippen LogP contribution in [0.25, 0.3) is 11.5 Å². The summed E-state index contributed by atoms with van der Waals surface area (Å²) in [4.78, 5) is 25.4. The number of likely N-dealkylation sites (tertiary alicyclic amines) is 1. The lowest BCUT2D eigenvalue weighted by Gasteiger charge is -2.39. The van der Waals surface area contributed by atoms with Gasteiger partial charge in [-0.2, -0.15) is 16.7 Å². The molecule has 4 rings (SSSR count). The van der Waals surface area contributed by atoms with Crippen LogP contribution < -0.4 is 5.32 Å². The number of rotatable bonds is 4. The highest BCUT2D eigenvalue weighted by Gasteiger charge is 2.27. The van der Waals surface area contributed by atoms with Gasteiger partial charge in [-0.25, -0.2) is 4.79 Å². The first kappa shape index (κ1) is 18.2. The van der Waals surface area contributed by atoms with Crippen LogP contribution in [0.15, 0.2) is 28.9 Å². The predicted octanol–water partition coefficient (Wildman–Crippen LogP) is 1.85. The van der Waals surface area contributed by atoms with E-state index in [4.69, 9.17) is 4.52 Å². The second-order valence-electron chi connectivity index (χ2n) is 6.75. The molecule has 2 aliphatic heterocycles. The van der Waals surface area contributed by atoms with Gasteiger partial charge in [-0.3, -0.25) is 9.88 Å². The number of hydrogen-bond acceptors (Lipinski definition) is 7. The standard InChI is InChI=1S/C18H24N6O2S/c25-18(24-7-4-14(5-8-24)23-9-11-27-12-10-23)20-13-16-21-17(22-26-16)15-3-1-2-6-19-15/h1-3,6,14H,4-5,7-13H2,(H,20,25). The molecule has 0 bridgehead atoms. The fourth-order valence-corrected chi connectivity index (χ4v) is 4.50. The second-order valence-corrected chi connectivity index (χ2v) is 7.98. The first-order valence-corrected chi connectivity index (χ1v) is 10.5. The smallest absolute Gasteiger partial charge is 0.317 e. The monoisotopic (exact) mass is 388 g/mol. The van der Waals surface area contributed by atoms with Crippen molar-refractivity contribution in [2.75, 3.05) is 37.7 Å². The van der Waals surface area contributed by atoms with E-state index in [-0.39, 0.29) is 12.6 Å². The van der Waals surface area contributed by atoms with E-state index in [0.29, 0.717) is 23.5 Å². The summed E-state index contributed by atoms with van der Waals surface area (Å²) in [5.41, 5.74) is 0.650. The van der Waals surface area contributed by atoms with E-state index >= 15 is 0 Å². The van der Waals surface area contributed by atoms with E-state index in [9.17, 15) is 4.79 Å². The zero-order valence-electron chi connectivity index (χ0n) is 15.2. The Hall–Kier alpha value is -2.13. The maximum atomic E-state index is 12.4. The lowest BCUT2D eigenvalue weighted by Crippen LogP contribution is -2.51. The number of hydrogen-bond donors (Lipinski definition) is 1. The molecule has 0 radical (unpaired) electrons. The summed E-state index contributed by atoms with van der Waals surface area (Å²) in [7, 11) is 0. The third-order valence-electron chi connectivity index (χ3n) is 5.07. The van der Waals surface area contributed by atoms with Crippen LogP contribution in [0.3, 0.4) is 0 Å². The Bertz CT molecular complexity index is 741. The van der Waals surface area contributed by atoms with Gasteiger partial charge in [-0.1, -0.05) is 11.2 Å². The number of thioether (sulfide) groups is 1. The zero-order valence-corrected chi connectivity index (χ0v) is 16.0. The van der Waals surface area contributed by atoms with Gasteiger partial charge in [0.2, 0.25) is 11.7 Å². The van der Waals surface area contributed by atoms with Gasteiger partial charge in [0, 0.05) is 49.9 Å². The Morgan fingerprint density at radius 3 is 2.78 bits per heavy atom. The number of carbonyl (C=O) groups excluding carboxylic acids is 1. The molecule has 2 aromatic rings. The number of nitrogens with zero attached hydrogens (tertiary/aromatic N) is 5. The van der Waals surface area contributed by atoms with Crippen molar-refractivity contribution in [3.8, 4) is 11.5 Å². The van der Waals surface area contributed by atoms with Crippen LogP contribution in [0, 0.1) is 0 Å². The van der Waals surface area contributed by atoms with Gasteiger partial charge in [0.25, 0.3) is 0 Å². The molecular weight excluding hydrogens is 364 g/mol. The van der Waals surface area contributed by atoms with Gasteiger partial charge < -0.3 is 14.7 Å². The fraction of sp³-hybridized carbons (Fsp3) is 0.556. The first-order chi connectivity index (χ1) is 13.3. The number of carbonyl (C=O) groups is 1. The van der Waals surface area contributed by atoms with Crippen molar-refractivity contribution in [3.63, 3.8) is 0 Å². The highest BCUT2D eigenvalue weighted by atomic mass is 32.2. The van der Waals surface area contributed by atoms with Crippen molar-refractivity contribution >= 4 is 17.8 Å². The van der Waals surface area contributed by atoms with Gasteiger partial charge in [0.15, 0.2) is 0 Å². The van der Waals surface area contributed by atoms with E-state index in [1.807, 2.05) is 34.9 Å².